The molecule has 0 atom stereocenters. The van der Waals surface area contributed by atoms with Gasteiger partial charge in [-0.3, -0.25) is 0 Å². The SMILES string of the molecule is Cc1ccc(C)c(Oc2nnc(CO)s2)c1. The minimum Gasteiger partial charge on any atom is -0.430 e. The smallest absolute Gasteiger partial charge is 0.299 e. The van der Waals surface area contributed by atoms with Crippen molar-refractivity contribution in [3.05, 3.63) is 34.3 Å². The van der Waals surface area contributed by atoms with Gasteiger partial charge in [-0.05, 0) is 31.0 Å². The van der Waals surface area contributed by atoms with E-state index in [1.807, 2.05) is 32.0 Å². The molecule has 5 heteroatoms. The molecule has 84 valence electrons. The summed E-state index contributed by atoms with van der Waals surface area (Å²) in [5, 5.41) is 17.5. The van der Waals surface area contributed by atoms with Crippen LogP contribution >= 0.6 is 11.3 Å². The molecule has 1 N–H and O–H groups in total. The molecule has 0 saturated heterocycles. The number of aryl methyl sites for hydroxylation is 2. The van der Waals surface area contributed by atoms with Gasteiger partial charge in [0.1, 0.15) is 10.8 Å². The third-order valence-corrected chi connectivity index (χ3v) is 2.91. The first-order valence-electron chi connectivity index (χ1n) is 4.87. The van der Waals surface area contributed by atoms with Crippen LogP contribution in [-0.2, 0) is 6.61 Å². The summed E-state index contributed by atoms with van der Waals surface area (Å²) in [6.45, 7) is 3.88. The van der Waals surface area contributed by atoms with Gasteiger partial charge in [0.05, 0.1) is 6.61 Å². The van der Waals surface area contributed by atoms with Crippen molar-refractivity contribution < 1.29 is 9.84 Å². The first-order valence-corrected chi connectivity index (χ1v) is 5.69. The third kappa shape index (κ3) is 2.37. The second kappa shape index (κ2) is 4.59. The molecule has 1 aromatic heterocycles. The lowest BCUT2D eigenvalue weighted by molar-refractivity contribution is 0.280. The van der Waals surface area contributed by atoms with Crippen molar-refractivity contribution in [3.63, 3.8) is 0 Å². The zero-order valence-corrected chi connectivity index (χ0v) is 9.91. The van der Waals surface area contributed by atoms with E-state index in [2.05, 4.69) is 10.2 Å². The van der Waals surface area contributed by atoms with Crippen LogP contribution in [0.3, 0.4) is 0 Å². The van der Waals surface area contributed by atoms with Crippen LogP contribution in [0.5, 0.6) is 10.9 Å². The molecule has 0 unspecified atom stereocenters. The summed E-state index contributed by atoms with van der Waals surface area (Å²) < 4.78 is 5.61. The normalized spacial score (nSPS) is 10.4. The number of hydrogen-bond acceptors (Lipinski definition) is 5. The maximum absolute atomic E-state index is 8.87. The number of ether oxygens (including phenoxy) is 1. The Kier molecular flexibility index (Phi) is 3.17. The van der Waals surface area contributed by atoms with Gasteiger partial charge in [-0.1, -0.05) is 28.6 Å². The summed E-state index contributed by atoms with van der Waals surface area (Å²) in [6.07, 6.45) is 0. The molecule has 0 fully saturated rings. The van der Waals surface area contributed by atoms with E-state index >= 15 is 0 Å². The van der Waals surface area contributed by atoms with E-state index in [-0.39, 0.29) is 6.61 Å². The number of hydrogen-bond donors (Lipinski definition) is 1. The highest BCUT2D eigenvalue weighted by Crippen LogP contribution is 2.28. The van der Waals surface area contributed by atoms with Crippen molar-refractivity contribution in [2.45, 2.75) is 20.5 Å². The van der Waals surface area contributed by atoms with Crippen LogP contribution in [-0.4, -0.2) is 15.3 Å². The van der Waals surface area contributed by atoms with E-state index < -0.39 is 0 Å². The molecule has 0 amide bonds. The standard InChI is InChI=1S/C11H12N2O2S/c1-7-3-4-8(2)9(5-7)15-11-13-12-10(6-14)16-11/h3-5,14H,6H2,1-2H3. The van der Waals surface area contributed by atoms with Crippen molar-refractivity contribution in [2.75, 3.05) is 0 Å². The fourth-order valence-electron chi connectivity index (χ4n) is 1.25. The largest absolute Gasteiger partial charge is 0.430 e. The van der Waals surface area contributed by atoms with Gasteiger partial charge >= 0.3 is 0 Å². The Morgan fingerprint density at radius 1 is 1.31 bits per heavy atom. The Bertz CT molecular complexity index is 496. The van der Waals surface area contributed by atoms with Gasteiger partial charge in [0.15, 0.2) is 0 Å². The Morgan fingerprint density at radius 2 is 2.12 bits per heavy atom. The number of rotatable bonds is 3. The molecule has 0 saturated carbocycles. The van der Waals surface area contributed by atoms with Crippen molar-refractivity contribution in [3.8, 4) is 10.9 Å². The van der Waals surface area contributed by atoms with Crippen LogP contribution in [0.2, 0.25) is 0 Å². The Balaban J connectivity index is 2.22. The van der Waals surface area contributed by atoms with Gasteiger partial charge < -0.3 is 9.84 Å². The molecule has 0 aliphatic heterocycles. The fraction of sp³-hybridized carbons (Fsp3) is 0.273. The first-order chi connectivity index (χ1) is 7.69. The van der Waals surface area contributed by atoms with Gasteiger partial charge in [-0.15, -0.1) is 5.10 Å². The summed E-state index contributed by atoms with van der Waals surface area (Å²) in [6, 6.07) is 5.98. The molecule has 2 rings (SSSR count). The molecule has 2 aromatic rings. The molecule has 0 radical (unpaired) electrons. The Morgan fingerprint density at radius 3 is 2.81 bits per heavy atom. The van der Waals surface area contributed by atoms with E-state index in [0.717, 1.165) is 16.9 Å². The zero-order chi connectivity index (χ0) is 11.5. The van der Waals surface area contributed by atoms with Gasteiger partial charge in [0, 0.05) is 0 Å². The number of aromatic nitrogens is 2. The van der Waals surface area contributed by atoms with Gasteiger partial charge in [-0.25, -0.2) is 0 Å². The van der Waals surface area contributed by atoms with Crippen molar-refractivity contribution in [1.29, 1.82) is 0 Å². The second-order valence-electron chi connectivity index (χ2n) is 3.49. The fourth-order valence-corrected chi connectivity index (χ4v) is 1.82. The highest BCUT2D eigenvalue weighted by molar-refractivity contribution is 7.13. The van der Waals surface area contributed by atoms with Crippen molar-refractivity contribution in [1.82, 2.24) is 10.2 Å². The molecule has 16 heavy (non-hydrogen) atoms. The number of nitrogens with zero attached hydrogens (tertiary/aromatic N) is 2. The quantitative estimate of drug-likeness (QED) is 0.889. The lowest BCUT2D eigenvalue weighted by Crippen LogP contribution is -1.87. The Labute approximate surface area is 97.5 Å². The van der Waals surface area contributed by atoms with Gasteiger partial charge in [0.2, 0.25) is 0 Å². The highest BCUT2D eigenvalue weighted by atomic mass is 32.1. The van der Waals surface area contributed by atoms with E-state index in [9.17, 15) is 0 Å². The van der Waals surface area contributed by atoms with Gasteiger partial charge in [0.25, 0.3) is 5.19 Å². The lowest BCUT2D eigenvalue weighted by atomic mass is 10.1. The predicted molar refractivity (Wildman–Crippen MR) is 61.8 cm³/mol. The molecule has 1 heterocycles. The maximum atomic E-state index is 8.87. The van der Waals surface area contributed by atoms with Gasteiger partial charge in [-0.2, -0.15) is 0 Å². The molecule has 0 spiro atoms. The average molecular weight is 236 g/mol. The first kappa shape index (κ1) is 11.0. The minimum atomic E-state index is -0.103. The van der Waals surface area contributed by atoms with E-state index in [4.69, 9.17) is 9.84 Å². The minimum absolute atomic E-state index is 0.103. The maximum Gasteiger partial charge on any atom is 0.299 e. The predicted octanol–water partition coefficient (Wildman–Crippen LogP) is 2.44. The van der Waals surface area contributed by atoms with Crippen molar-refractivity contribution in [2.24, 2.45) is 0 Å². The monoisotopic (exact) mass is 236 g/mol. The van der Waals surface area contributed by atoms with Crippen LogP contribution in [0.1, 0.15) is 16.1 Å². The summed E-state index contributed by atoms with van der Waals surface area (Å²) in [7, 11) is 0. The average Bonchev–Trinajstić information content (AvgIpc) is 2.71. The van der Waals surface area contributed by atoms with Crippen LogP contribution in [0.15, 0.2) is 18.2 Å². The van der Waals surface area contributed by atoms with E-state index in [0.29, 0.717) is 10.2 Å². The highest BCUT2D eigenvalue weighted by Gasteiger charge is 2.07. The number of aliphatic hydroxyl groups excluding tert-OH is 1. The lowest BCUT2D eigenvalue weighted by Gasteiger charge is -2.05. The zero-order valence-electron chi connectivity index (χ0n) is 9.10. The second-order valence-corrected chi connectivity index (χ2v) is 4.52. The Hall–Kier alpha value is -1.46. The summed E-state index contributed by atoms with van der Waals surface area (Å²) in [5.74, 6) is 0.778. The van der Waals surface area contributed by atoms with Crippen LogP contribution in [0.25, 0.3) is 0 Å². The number of aliphatic hydroxyl groups is 1. The molecule has 0 bridgehead atoms. The topological polar surface area (TPSA) is 55.2 Å². The molecule has 4 nitrogen and oxygen atoms in total. The number of benzene rings is 1. The summed E-state index contributed by atoms with van der Waals surface area (Å²) >= 11 is 1.25. The van der Waals surface area contributed by atoms with E-state index in [1.165, 1.54) is 11.3 Å². The molecular weight excluding hydrogens is 224 g/mol. The van der Waals surface area contributed by atoms with Crippen molar-refractivity contribution >= 4 is 11.3 Å². The molecular formula is C11H12N2O2S. The van der Waals surface area contributed by atoms with Crippen LogP contribution in [0, 0.1) is 13.8 Å². The molecule has 1 aromatic carbocycles. The third-order valence-electron chi connectivity index (χ3n) is 2.12. The molecule has 0 aliphatic carbocycles. The summed E-state index contributed by atoms with van der Waals surface area (Å²) in [4.78, 5) is 0. The summed E-state index contributed by atoms with van der Waals surface area (Å²) in [5.41, 5.74) is 2.18. The van der Waals surface area contributed by atoms with Crippen LogP contribution in [0.4, 0.5) is 0 Å². The van der Waals surface area contributed by atoms with E-state index in [1.54, 1.807) is 0 Å². The molecule has 0 aliphatic rings. The van der Waals surface area contributed by atoms with Crippen LogP contribution < -0.4 is 4.74 Å².